The van der Waals surface area contributed by atoms with Gasteiger partial charge in [0.25, 0.3) is 5.91 Å². The number of hydrogen-bond donors (Lipinski definition) is 2. The third-order valence-corrected chi connectivity index (χ3v) is 5.17. The maximum atomic E-state index is 12.8. The molecule has 140 valence electrons. The summed E-state index contributed by atoms with van der Waals surface area (Å²) in [6.07, 6.45) is 1.88. The summed E-state index contributed by atoms with van der Waals surface area (Å²) in [6, 6.07) is 15.3. The van der Waals surface area contributed by atoms with Crippen molar-refractivity contribution < 1.29 is 14.6 Å². The summed E-state index contributed by atoms with van der Waals surface area (Å²) in [4.78, 5) is 17.7. The number of aryl methyl sites for hydroxylation is 1. The number of likely N-dealkylation sites (tertiary alicyclic amines) is 1. The first-order valence-electron chi connectivity index (χ1n) is 9.36. The number of aromatic amines is 1. The summed E-state index contributed by atoms with van der Waals surface area (Å²) in [7, 11) is 0. The van der Waals surface area contributed by atoms with Gasteiger partial charge in [0.2, 0.25) is 0 Å². The lowest BCUT2D eigenvalue weighted by molar-refractivity contribution is -0.000490. The number of ether oxygens (including phenoxy) is 1. The summed E-state index contributed by atoms with van der Waals surface area (Å²) < 4.78 is 6.03. The number of H-pyrrole nitrogens is 1. The number of carbonyl (C=O) groups excluding carboxylic acids is 1. The molecule has 2 aromatic carbocycles. The maximum absolute atomic E-state index is 12.8. The minimum atomic E-state index is 0.00248. The zero-order valence-electron chi connectivity index (χ0n) is 15.4. The molecule has 1 aliphatic heterocycles. The second-order valence-electron chi connectivity index (χ2n) is 7.24. The van der Waals surface area contributed by atoms with Crippen LogP contribution in [0.4, 0.5) is 0 Å². The molecule has 0 bridgehead atoms. The number of fused-ring (bicyclic) bond motifs is 1. The standard InChI is InChI=1S/C22H24N2O3/c1-15-2-4-16(5-3-15)14-27-19-8-10-24(11-9-19)22(26)21-12-17-6-7-18(25)13-20(17)23-21/h2-7,12-13,19,23,25H,8-11,14H2,1H3. The first kappa shape index (κ1) is 17.6. The molecule has 1 saturated heterocycles. The Morgan fingerprint density at radius 2 is 1.89 bits per heavy atom. The molecule has 0 spiro atoms. The Hall–Kier alpha value is -2.79. The minimum absolute atomic E-state index is 0.00248. The van der Waals surface area contributed by atoms with E-state index in [9.17, 15) is 9.90 Å². The van der Waals surface area contributed by atoms with E-state index in [0.29, 0.717) is 25.4 Å². The quantitative estimate of drug-likeness (QED) is 0.735. The molecular weight excluding hydrogens is 340 g/mol. The Balaban J connectivity index is 1.32. The summed E-state index contributed by atoms with van der Waals surface area (Å²) in [6.45, 7) is 4.08. The highest BCUT2D eigenvalue weighted by Crippen LogP contribution is 2.23. The van der Waals surface area contributed by atoms with Gasteiger partial charge in [-0.3, -0.25) is 4.79 Å². The van der Waals surface area contributed by atoms with Crippen LogP contribution in [0, 0.1) is 6.92 Å². The van der Waals surface area contributed by atoms with E-state index in [2.05, 4.69) is 36.2 Å². The number of hydrogen-bond acceptors (Lipinski definition) is 3. The van der Waals surface area contributed by atoms with Crippen LogP contribution in [0.5, 0.6) is 5.75 Å². The fraction of sp³-hybridized carbons (Fsp3) is 0.318. The number of rotatable bonds is 4. The van der Waals surface area contributed by atoms with Crippen molar-refractivity contribution in [3.05, 3.63) is 65.4 Å². The Labute approximate surface area is 158 Å². The van der Waals surface area contributed by atoms with Gasteiger partial charge in [0, 0.05) is 30.1 Å². The number of nitrogens with one attached hydrogen (secondary N) is 1. The van der Waals surface area contributed by atoms with E-state index in [4.69, 9.17) is 4.74 Å². The van der Waals surface area contributed by atoms with Gasteiger partial charge >= 0.3 is 0 Å². The van der Waals surface area contributed by atoms with Gasteiger partial charge in [0.05, 0.1) is 12.7 Å². The number of piperidine rings is 1. The Bertz CT molecular complexity index is 938. The van der Waals surface area contributed by atoms with Crippen LogP contribution in [-0.2, 0) is 11.3 Å². The average molecular weight is 364 g/mol. The second-order valence-corrected chi connectivity index (χ2v) is 7.24. The molecule has 3 aromatic rings. The maximum Gasteiger partial charge on any atom is 0.270 e. The largest absolute Gasteiger partial charge is 0.508 e. The van der Waals surface area contributed by atoms with Crippen molar-refractivity contribution in [2.24, 2.45) is 0 Å². The van der Waals surface area contributed by atoms with Gasteiger partial charge in [0.15, 0.2) is 0 Å². The molecule has 1 fully saturated rings. The zero-order valence-corrected chi connectivity index (χ0v) is 15.4. The van der Waals surface area contributed by atoms with Gasteiger partial charge in [-0.1, -0.05) is 29.8 Å². The van der Waals surface area contributed by atoms with Crippen LogP contribution < -0.4 is 0 Å². The van der Waals surface area contributed by atoms with Crippen molar-refractivity contribution in [2.75, 3.05) is 13.1 Å². The van der Waals surface area contributed by atoms with E-state index in [1.165, 1.54) is 11.1 Å². The molecule has 2 heterocycles. The van der Waals surface area contributed by atoms with Crippen LogP contribution in [0.15, 0.2) is 48.5 Å². The number of amides is 1. The van der Waals surface area contributed by atoms with E-state index in [0.717, 1.165) is 23.7 Å². The Morgan fingerprint density at radius 3 is 2.63 bits per heavy atom. The van der Waals surface area contributed by atoms with Crippen LogP contribution in [0.3, 0.4) is 0 Å². The molecule has 0 aliphatic carbocycles. The van der Waals surface area contributed by atoms with E-state index >= 15 is 0 Å². The SMILES string of the molecule is Cc1ccc(COC2CCN(C(=O)c3cc4ccc(O)cc4[nH]3)CC2)cc1. The molecule has 2 N–H and O–H groups in total. The van der Waals surface area contributed by atoms with Crippen LogP contribution in [0.1, 0.15) is 34.5 Å². The molecule has 5 heteroatoms. The number of aromatic nitrogens is 1. The number of benzene rings is 2. The molecular formula is C22H24N2O3. The Morgan fingerprint density at radius 1 is 1.15 bits per heavy atom. The highest BCUT2D eigenvalue weighted by atomic mass is 16.5. The van der Waals surface area contributed by atoms with E-state index < -0.39 is 0 Å². The lowest BCUT2D eigenvalue weighted by Gasteiger charge is -2.31. The van der Waals surface area contributed by atoms with Gasteiger partial charge in [-0.2, -0.15) is 0 Å². The van der Waals surface area contributed by atoms with E-state index in [1.54, 1.807) is 12.1 Å². The molecule has 5 nitrogen and oxygen atoms in total. The number of phenolic OH excluding ortho intramolecular Hbond substituents is 1. The molecule has 27 heavy (non-hydrogen) atoms. The van der Waals surface area contributed by atoms with Crippen molar-refractivity contribution in [3.63, 3.8) is 0 Å². The van der Waals surface area contributed by atoms with Crippen molar-refractivity contribution in [2.45, 2.75) is 32.5 Å². The number of carbonyl (C=O) groups is 1. The smallest absolute Gasteiger partial charge is 0.270 e. The molecule has 1 aliphatic rings. The highest BCUT2D eigenvalue weighted by Gasteiger charge is 2.25. The van der Waals surface area contributed by atoms with Crippen molar-refractivity contribution in [1.29, 1.82) is 0 Å². The third kappa shape index (κ3) is 3.98. The molecule has 0 saturated carbocycles. The first-order chi connectivity index (χ1) is 13.1. The van der Waals surface area contributed by atoms with Gasteiger partial charge < -0.3 is 19.7 Å². The number of aromatic hydroxyl groups is 1. The molecule has 1 amide bonds. The van der Waals surface area contributed by atoms with Gasteiger partial charge in [0.1, 0.15) is 11.4 Å². The van der Waals surface area contributed by atoms with Crippen molar-refractivity contribution in [3.8, 4) is 5.75 Å². The van der Waals surface area contributed by atoms with Crippen LogP contribution in [0.25, 0.3) is 10.9 Å². The second kappa shape index (κ2) is 7.45. The molecule has 4 rings (SSSR count). The predicted octanol–water partition coefficient (Wildman–Crippen LogP) is 4.00. The number of nitrogens with zero attached hydrogens (tertiary/aromatic N) is 1. The van der Waals surface area contributed by atoms with E-state index in [1.807, 2.05) is 17.0 Å². The average Bonchev–Trinajstić information content (AvgIpc) is 3.10. The van der Waals surface area contributed by atoms with Gasteiger partial charge in [-0.25, -0.2) is 0 Å². The van der Waals surface area contributed by atoms with Gasteiger partial charge in [-0.05, 0) is 43.5 Å². The fourth-order valence-electron chi connectivity index (χ4n) is 3.52. The highest BCUT2D eigenvalue weighted by molar-refractivity contribution is 5.98. The van der Waals surface area contributed by atoms with Crippen LogP contribution in [0.2, 0.25) is 0 Å². The summed E-state index contributed by atoms with van der Waals surface area (Å²) >= 11 is 0. The van der Waals surface area contributed by atoms with Gasteiger partial charge in [-0.15, -0.1) is 0 Å². The topological polar surface area (TPSA) is 65.6 Å². The molecule has 0 atom stereocenters. The lowest BCUT2D eigenvalue weighted by atomic mass is 10.1. The van der Waals surface area contributed by atoms with Crippen molar-refractivity contribution in [1.82, 2.24) is 9.88 Å². The van der Waals surface area contributed by atoms with E-state index in [-0.39, 0.29) is 17.8 Å². The monoisotopic (exact) mass is 364 g/mol. The molecule has 0 unspecified atom stereocenters. The summed E-state index contributed by atoms with van der Waals surface area (Å²) in [5.74, 6) is 0.192. The molecule has 1 aromatic heterocycles. The third-order valence-electron chi connectivity index (χ3n) is 5.17. The fourth-order valence-corrected chi connectivity index (χ4v) is 3.52. The minimum Gasteiger partial charge on any atom is -0.508 e. The first-order valence-corrected chi connectivity index (χ1v) is 9.36. The zero-order chi connectivity index (χ0) is 18.8. The number of phenols is 1. The van der Waals surface area contributed by atoms with Crippen molar-refractivity contribution >= 4 is 16.8 Å². The summed E-state index contributed by atoms with van der Waals surface area (Å²) in [5, 5.41) is 10.5. The normalized spacial score (nSPS) is 15.4. The lowest BCUT2D eigenvalue weighted by Crippen LogP contribution is -2.41. The van der Waals surface area contributed by atoms with Crippen LogP contribution in [-0.4, -0.2) is 40.1 Å². The molecule has 0 radical (unpaired) electrons. The predicted molar refractivity (Wildman–Crippen MR) is 105 cm³/mol. The Kier molecular flexibility index (Phi) is 4.86. The van der Waals surface area contributed by atoms with Crippen LogP contribution >= 0.6 is 0 Å². The summed E-state index contributed by atoms with van der Waals surface area (Å²) in [5.41, 5.74) is 3.77.